The van der Waals surface area contributed by atoms with E-state index < -0.39 is 34.2 Å². The van der Waals surface area contributed by atoms with Crippen molar-refractivity contribution in [3.05, 3.63) is 57.8 Å². The highest BCUT2D eigenvalue weighted by Gasteiger charge is 2.25. The largest absolute Gasteiger partial charge is 0.345 e. The number of carbonyl (C=O) groups is 1. The summed E-state index contributed by atoms with van der Waals surface area (Å²) in [7, 11) is 3.04. The van der Waals surface area contributed by atoms with Crippen LogP contribution in [0.15, 0.2) is 35.1 Å². The topological polar surface area (TPSA) is 78.1 Å². The third kappa shape index (κ3) is 4.45. The smallest absolute Gasteiger partial charge is 0.201 e. The molecule has 1 atom stereocenters. The Morgan fingerprint density at radius 1 is 1.29 bits per heavy atom. The number of aromatic nitrogens is 2. The van der Waals surface area contributed by atoms with E-state index in [0.29, 0.717) is 15.5 Å². The van der Waals surface area contributed by atoms with Gasteiger partial charge in [-0.2, -0.15) is 0 Å². The van der Waals surface area contributed by atoms with Crippen LogP contribution in [0.4, 0.5) is 14.5 Å². The number of H-pyrrole nitrogens is 1. The number of carbonyl (C=O) groups excluding carboxylic acids is 1. The summed E-state index contributed by atoms with van der Waals surface area (Å²) in [6.07, 6.45) is 2.89. The van der Waals surface area contributed by atoms with Gasteiger partial charge >= 0.3 is 0 Å². The normalized spacial score (nSPS) is 11.9. The number of halogens is 3. The highest BCUT2D eigenvalue weighted by atomic mass is 79.9. The average Bonchev–Trinajstić information content (AvgIpc) is 3.08. The first-order valence-electron chi connectivity index (χ1n) is 8.30. The molecule has 0 aliphatic carbocycles. The molecule has 0 saturated carbocycles. The molecule has 0 amide bonds. The van der Waals surface area contributed by atoms with E-state index in [1.54, 1.807) is 6.07 Å². The minimum atomic E-state index is -1.74. The number of hydrogen-bond donors (Lipinski definition) is 2. The number of nitrogens with one attached hydrogen (secondary N) is 2. The third-order valence-corrected chi connectivity index (χ3v) is 5.08. The van der Waals surface area contributed by atoms with Crippen LogP contribution >= 0.6 is 15.9 Å². The first-order chi connectivity index (χ1) is 13.3. The molecule has 6 nitrogen and oxygen atoms in total. The highest BCUT2D eigenvalue weighted by Crippen LogP contribution is 2.28. The Morgan fingerprint density at radius 2 is 1.96 bits per heavy atom. The number of ketones is 1. The second kappa shape index (κ2) is 9.35. The number of rotatable bonds is 5. The van der Waals surface area contributed by atoms with Crippen LogP contribution in [-0.4, -0.2) is 38.4 Å². The molecule has 0 aliphatic rings. The number of pyridine rings is 1. The molecule has 2 N–H and O–H groups in total. The Balaban J connectivity index is 0.00000136. The summed E-state index contributed by atoms with van der Waals surface area (Å²) in [5.74, 6) is -2.96. The average molecular weight is 473 g/mol. The number of fused-ring (bicyclic) bond motifs is 1. The van der Waals surface area contributed by atoms with Crippen LogP contribution in [-0.2, 0) is 11.2 Å². The van der Waals surface area contributed by atoms with Gasteiger partial charge in [0, 0.05) is 41.9 Å². The molecule has 0 bridgehead atoms. The van der Waals surface area contributed by atoms with Gasteiger partial charge in [-0.25, -0.2) is 22.3 Å². The molecule has 0 aliphatic heterocycles. The fourth-order valence-corrected chi connectivity index (χ4v) is 3.18. The number of anilines is 1. The predicted octanol–water partition coefficient (Wildman–Crippen LogP) is 4.41. The summed E-state index contributed by atoms with van der Waals surface area (Å²) < 4.78 is 45.2. The SMILES string of the molecule is CC.CN(C)S(=O)Nc1ccc(F)c(C(=O)c2c[nH]c3ncc(Br)cc23)c1F. The fraction of sp³-hybridized carbons (Fsp3) is 0.222. The quantitative estimate of drug-likeness (QED) is 0.539. The maximum Gasteiger partial charge on any atom is 0.201 e. The second-order valence-electron chi connectivity index (χ2n) is 5.53. The van der Waals surface area contributed by atoms with Gasteiger partial charge < -0.3 is 4.98 Å². The minimum absolute atomic E-state index is 0.0810. The van der Waals surface area contributed by atoms with Crippen LogP contribution in [0.5, 0.6) is 0 Å². The van der Waals surface area contributed by atoms with Crippen LogP contribution in [0.25, 0.3) is 11.0 Å². The Hall–Kier alpha value is -2.17. The number of benzene rings is 1. The highest BCUT2D eigenvalue weighted by molar-refractivity contribution is 9.10. The molecule has 0 fully saturated rings. The molecular formula is C18H19BrF2N4O2S. The van der Waals surface area contributed by atoms with E-state index in [0.717, 1.165) is 12.1 Å². The van der Waals surface area contributed by atoms with Crippen molar-refractivity contribution in [3.8, 4) is 0 Å². The van der Waals surface area contributed by atoms with Crippen LogP contribution < -0.4 is 4.72 Å². The summed E-state index contributed by atoms with van der Waals surface area (Å²) in [4.78, 5) is 19.7. The molecule has 3 aromatic rings. The Kier molecular flexibility index (Phi) is 7.39. The Bertz CT molecular complexity index is 1040. The molecule has 150 valence electrons. The van der Waals surface area contributed by atoms with Gasteiger partial charge in [-0.1, -0.05) is 13.8 Å². The Morgan fingerprint density at radius 3 is 2.61 bits per heavy atom. The molecule has 0 saturated heterocycles. The zero-order valence-electron chi connectivity index (χ0n) is 15.6. The molecule has 1 aromatic carbocycles. The van der Waals surface area contributed by atoms with Crippen molar-refractivity contribution in [2.75, 3.05) is 18.8 Å². The van der Waals surface area contributed by atoms with Gasteiger partial charge in [0.25, 0.3) is 0 Å². The molecule has 0 spiro atoms. The van der Waals surface area contributed by atoms with Crippen LogP contribution in [0, 0.1) is 11.6 Å². The lowest BCUT2D eigenvalue weighted by atomic mass is 10.0. The van der Waals surface area contributed by atoms with Gasteiger partial charge in [-0.15, -0.1) is 0 Å². The van der Waals surface area contributed by atoms with Crippen molar-refractivity contribution < 1.29 is 17.8 Å². The van der Waals surface area contributed by atoms with E-state index in [-0.39, 0.29) is 11.3 Å². The lowest BCUT2D eigenvalue weighted by molar-refractivity contribution is 0.103. The zero-order valence-corrected chi connectivity index (χ0v) is 18.0. The molecule has 2 heterocycles. The minimum Gasteiger partial charge on any atom is -0.345 e. The first-order valence-corrected chi connectivity index (χ1v) is 10.2. The van der Waals surface area contributed by atoms with Gasteiger partial charge in [0.05, 0.1) is 11.3 Å². The molecule has 1 unspecified atom stereocenters. The van der Waals surface area contributed by atoms with Crippen molar-refractivity contribution in [1.29, 1.82) is 0 Å². The van der Waals surface area contributed by atoms with Gasteiger partial charge in [0.15, 0.2) is 17.0 Å². The summed E-state index contributed by atoms with van der Waals surface area (Å²) in [6.45, 7) is 4.00. The first kappa shape index (κ1) is 22.1. The maximum atomic E-state index is 14.8. The van der Waals surface area contributed by atoms with E-state index in [1.165, 1.54) is 30.8 Å². The number of aromatic amines is 1. The number of nitrogens with zero attached hydrogens (tertiary/aromatic N) is 2. The van der Waals surface area contributed by atoms with Crippen molar-refractivity contribution in [1.82, 2.24) is 14.3 Å². The van der Waals surface area contributed by atoms with Crippen LogP contribution in [0.3, 0.4) is 0 Å². The molecule has 2 aromatic heterocycles. The fourth-order valence-electron chi connectivity index (χ4n) is 2.33. The summed E-state index contributed by atoms with van der Waals surface area (Å²) in [6, 6.07) is 3.68. The van der Waals surface area contributed by atoms with E-state index in [9.17, 15) is 17.8 Å². The predicted molar refractivity (Wildman–Crippen MR) is 110 cm³/mol. The second-order valence-corrected chi connectivity index (χ2v) is 7.88. The van der Waals surface area contributed by atoms with Crippen molar-refractivity contribution in [3.63, 3.8) is 0 Å². The summed E-state index contributed by atoms with van der Waals surface area (Å²) >= 11 is 1.52. The van der Waals surface area contributed by atoms with Crippen molar-refractivity contribution >= 4 is 49.6 Å². The van der Waals surface area contributed by atoms with Gasteiger partial charge in [-0.3, -0.25) is 9.52 Å². The Labute approximate surface area is 172 Å². The molecule has 10 heteroatoms. The van der Waals surface area contributed by atoms with E-state index in [4.69, 9.17) is 0 Å². The summed E-state index contributed by atoms with van der Waals surface area (Å²) in [5.41, 5.74) is -0.467. The third-order valence-electron chi connectivity index (χ3n) is 3.59. The van der Waals surface area contributed by atoms with E-state index in [2.05, 4.69) is 30.6 Å². The van der Waals surface area contributed by atoms with Crippen molar-refractivity contribution in [2.45, 2.75) is 13.8 Å². The number of hydrogen-bond acceptors (Lipinski definition) is 3. The van der Waals surface area contributed by atoms with Gasteiger partial charge in [0.2, 0.25) is 5.78 Å². The van der Waals surface area contributed by atoms with Crippen molar-refractivity contribution in [2.24, 2.45) is 0 Å². The molecule has 28 heavy (non-hydrogen) atoms. The summed E-state index contributed by atoms with van der Waals surface area (Å²) in [5, 5.41) is 0.429. The lowest BCUT2D eigenvalue weighted by Gasteiger charge is -2.13. The standard InChI is InChI=1S/C16H13BrF2N4O2S.C2H6/c1-23(2)26(25)22-12-4-3-11(18)13(14(12)19)15(24)10-7-21-16-9(10)5-8(17)6-20-16;1-2/h3-7,22H,1-2H3,(H,20,21);1-2H3. The molecule has 3 rings (SSSR count). The van der Waals surface area contributed by atoms with Gasteiger partial charge in [0.1, 0.15) is 11.5 Å². The van der Waals surface area contributed by atoms with E-state index in [1.807, 2.05) is 13.8 Å². The van der Waals surface area contributed by atoms with Crippen LogP contribution in [0.2, 0.25) is 0 Å². The van der Waals surface area contributed by atoms with Crippen LogP contribution in [0.1, 0.15) is 29.8 Å². The van der Waals surface area contributed by atoms with E-state index >= 15 is 0 Å². The van der Waals surface area contributed by atoms with Gasteiger partial charge in [-0.05, 0) is 34.1 Å². The zero-order chi connectivity index (χ0) is 21.0. The molecule has 0 radical (unpaired) electrons. The monoisotopic (exact) mass is 472 g/mol. The molecular weight excluding hydrogens is 454 g/mol. The lowest BCUT2D eigenvalue weighted by Crippen LogP contribution is -2.23. The maximum absolute atomic E-state index is 14.8.